The van der Waals surface area contributed by atoms with Crippen LogP contribution in [0.1, 0.15) is 24.0 Å². The summed E-state index contributed by atoms with van der Waals surface area (Å²) in [5.41, 5.74) is 3.31. The Hall–Kier alpha value is -2.05. The summed E-state index contributed by atoms with van der Waals surface area (Å²) >= 11 is 0. The van der Waals surface area contributed by atoms with Gasteiger partial charge in [-0.05, 0) is 61.2 Å². The first-order valence-electron chi connectivity index (χ1n) is 9.11. The number of ether oxygens (including phenoxy) is 1. The van der Waals surface area contributed by atoms with E-state index in [9.17, 15) is 8.42 Å². The number of piperidine rings is 1. The average Bonchev–Trinajstić information content (AvgIpc) is 3.10. The van der Waals surface area contributed by atoms with Crippen molar-refractivity contribution in [1.29, 1.82) is 0 Å². The first-order valence-corrected chi connectivity index (χ1v) is 10.6. The van der Waals surface area contributed by atoms with Crippen LogP contribution < -0.4 is 10.1 Å². The lowest BCUT2D eigenvalue weighted by Crippen LogP contribution is -2.42. The van der Waals surface area contributed by atoms with Gasteiger partial charge in [0.2, 0.25) is 10.0 Å². The zero-order chi connectivity index (χ0) is 18.1. The summed E-state index contributed by atoms with van der Waals surface area (Å²) in [6.45, 7) is 3.79. The van der Waals surface area contributed by atoms with Gasteiger partial charge in [0.15, 0.2) is 0 Å². The number of hydrogen-bond acceptors (Lipinski definition) is 4. The molecular formula is C20H24N2O3S. The van der Waals surface area contributed by atoms with Crippen LogP contribution in [0.3, 0.4) is 0 Å². The molecule has 6 heteroatoms. The predicted molar refractivity (Wildman–Crippen MR) is 102 cm³/mol. The van der Waals surface area contributed by atoms with Crippen LogP contribution in [-0.2, 0) is 16.4 Å². The highest BCUT2D eigenvalue weighted by Gasteiger charge is 2.30. The third kappa shape index (κ3) is 3.44. The molecule has 1 saturated heterocycles. The molecular weight excluding hydrogens is 348 g/mol. The molecule has 138 valence electrons. The monoisotopic (exact) mass is 372 g/mol. The fourth-order valence-corrected chi connectivity index (χ4v) is 5.20. The number of fused-ring (bicyclic) bond motifs is 1. The Morgan fingerprint density at radius 1 is 1.12 bits per heavy atom. The predicted octanol–water partition coefficient (Wildman–Crippen LogP) is 3.20. The molecule has 2 aliphatic rings. The lowest BCUT2D eigenvalue weighted by Gasteiger charge is -2.32. The molecule has 1 N–H and O–H groups in total. The second-order valence-corrected chi connectivity index (χ2v) is 9.00. The first kappa shape index (κ1) is 17.4. The summed E-state index contributed by atoms with van der Waals surface area (Å²) in [6, 6.07) is 13.8. The van der Waals surface area contributed by atoms with E-state index in [0.29, 0.717) is 30.6 Å². The highest BCUT2D eigenvalue weighted by Crippen LogP contribution is 2.30. The lowest BCUT2D eigenvalue weighted by atomic mass is 10.1. The van der Waals surface area contributed by atoms with E-state index in [1.165, 1.54) is 5.56 Å². The fourth-order valence-electron chi connectivity index (χ4n) is 3.68. The van der Waals surface area contributed by atoms with Gasteiger partial charge in [0.05, 0.1) is 11.5 Å². The minimum absolute atomic E-state index is 0.302. The zero-order valence-electron chi connectivity index (χ0n) is 14.9. The van der Waals surface area contributed by atoms with Crippen LogP contribution in [0.25, 0.3) is 0 Å². The van der Waals surface area contributed by atoms with Gasteiger partial charge in [-0.15, -0.1) is 0 Å². The molecule has 26 heavy (non-hydrogen) atoms. The summed E-state index contributed by atoms with van der Waals surface area (Å²) in [6.07, 6.45) is 2.39. The van der Waals surface area contributed by atoms with Gasteiger partial charge in [-0.3, -0.25) is 0 Å². The van der Waals surface area contributed by atoms with Crippen molar-refractivity contribution in [3.8, 4) is 5.75 Å². The van der Waals surface area contributed by atoms with Crippen molar-refractivity contribution in [2.75, 3.05) is 25.0 Å². The first-order chi connectivity index (χ1) is 12.5. The molecule has 0 aliphatic carbocycles. The highest BCUT2D eigenvalue weighted by atomic mass is 32.2. The van der Waals surface area contributed by atoms with Crippen LogP contribution in [0.2, 0.25) is 0 Å². The molecule has 2 aromatic carbocycles. The number of benzene rings is 2. The molecule has 0 atom stereocenters. The van der Waals surface area contributed by atoms with Gasteiger partial charge >= 0.3 is 0 Å². The van der Waals surface area contributed by atoms with Crippen molar-refractivity contribution in [3.05, 3.63) is 53.6 Å². The van der Waals surface area contributed by atoms with Gasteiger partial charge in [-0.25, -0.2) is 8.42 Å². The zero-order valence-corrected chi connectivity index (χ0v) is 15.8. The Labute approximate surface area is 155 Å². The number of rotatable bonds is 4. The summed E-state index contributed by atoms with van der Waals surface area (Å²) in [5, 5.41) is 3.53. The molecule has 0 radical (unpaired) electrons. The molecule has 0 spiro atoms. The quantitative estimate of drug-likeness (QED) is 0.895. The fraction of sp³-hybridized carbons (Fsp3) is 0.400. The molecule has 1 fully saturated rings. The minimum Gasteiger partial charge on any atom is -0.493 e. The summed E-state index contributed by atoms with van der Waals surface area (Å²) in [4.78, 5) is 0.381. The number of sulfonamides is 1. The molecule has 0 saturated carbocycles. The van der Waals surface area contributed by atoms with E-state index in [-0.39, 0.29) is 0 Å². The van der Waals surface area contributed by atoms with E-state index in [4.69, 9.17) is 4.74 Å². The van der Waals surface area contributed by atoms with Crippen LogP contribution in [0.4, 0.5) is 5.69 Å². The Bertz CT molecular complexity index is 903. The van der Waals surface area contributed by atoms with Gasteiger partial charge in [0, 0.05) is 31.2 Å². The van der Waals surface area contributed by atoms with E-state index in [1.807, 2.05) is 6.07 Å². The normalized spacial score (nSPS) is 18.3. The molecule has 5 nitrogen and oxygen atoms in total. The van der Waals surface area contributed by atoms with Gasteiger partial charge in [0.25, 0.3) is 0 Å². The molecule has 4 rings (SSSR count). The highest BCUT2D eigenvalue weighted by molar-refractivity contribution is 7.89. The van der Waals surface area contributed by atoms with Crippen LogP contribution >= 0.6 is 0 Å². The minimum atomic E-state index is -3.44. The second-order valence-electron chi connectivity index (χ2n) is 7.06. The number of nitrogens with zero attached hydrogens (tertiary/aromatic N) is 1. The van der Waals surface area contributed by atoms with Crippen molar-refractivity contribution < 1.29 is 13.2 Å². The third-order valence-corrected chi connectivity index (χ3v) is 7.04. The summed E-state index contributed by atoms with van der Waals surface area (Å²) in [5.74, 6) is 0.810. The van der Waals surface area contributed by atoms with E-state index in [1.54, 1.807) is 22.5 Å². The Kier molecular flexibility index (Phi) is 4.63. The number of aryl methyl sites for hydroxylation is 1. The van der Waals surface area contributed by atoms with Gasteiger partial charge < -0.3 is 10.1 Å². The van der Waals surface area contributed by atoms with Crippen molar-refractivity contribution in [2.24, 2.45) is 0 Å². The maximum atomic E-state index is 13.0. The maximum absolute atomic E-state index is 13.0. The number of hydrogen-bond donors (Lipinski definition) is 1. The van der Waals surface area contributed by atoms with E-state index < -0.39 is 10.0 Å². The van der Waals surface area contributed by atoms with Gasteiger partial charge in [-0.1, -0.05) is 12.1 Å². The van der Waals surface area contributed by atoms with Crippen LogP contribution in [0.5, 0.6) is 5.75 Å². The van der Waals surface area contributed by atoms with Crippen molar-refractivity contribution >= 4 is 15.7 Å². The molecule has 2 aliphatic heterocycles. The van der Waals surface area contributed by atoms with E-state index in [2.05, 4.69) is 30.4 Å². The average molecular weight is 372 g/mol. The summed E-state index contributed by atoms with van der Waals surface area (Å²) < 4.78 is 33.0. The van der Waals surface area contributed by atoms with Crippen molar-refractivity contribution in [2.45, 2.75) is 37.1 Å². The largest absolute Gasteiger partial charge is 0.493 e. The second kappa shape index (κ2) is 6.93. The summed E-state index contributed by atoms with van der Waals surface area (Å²) in [7, 11) is -3.44. The standard InChI is InChI=1S/C20H24N2O3S/c1-15-3-2-4-18(13-15)21-17-7-10-22(11-8-17)26(23,24)19-5-6-20-16(14-19)9-12-25-20/h2-6,13-14,17,21H,7-12H2,1H3. The van der Waals surface area contributed by atoms with Crippen LogP contribution in [0, 0.1) is 6.92 Å². The van der Waals surface area contributed by atoms with Gasteiger partial charge in [-0.2, -0.15) is 4.31 Å². The lowest BCUT2D eigenvalue weighted by molar-refractivity contribution is 0.329. The smallest absolute Gasteiger partial charge is 0.243 e. The molecule has 0 aromatic heterocycles. The molecule has 0 unspecified atom stereocenters. The maximum Gasteiger partial charge on any atom is 0.243 e. The molecule has 0 bridgehead atoms. The Balaban J connectivity index is 1.42. The van der Waals surface area contributed by atoms with E-state index in [0.717, 1.165) is 36.3 Å². The van der Waals surface area contributed by atoms with Crippen LogP contribution in [-0.4, -0.2) is 38.5 Å². The number of nitrogens with one attached hydrogen (secondary N) is 1. The number of anilines is 1. The Morgan fingerprint density at radius 3 is 2.69 bits per heavy atom. The van der Waals surface area contributed by atoms with Gasteiger partial charge in [0.1, 0.15) is 5.75 Å². The topological polar surface area (TPSA) is 58.6 Å². The Morgan fingerprint density at radius 2 is 1.92 bits per heavy atom. The van der Waals surface area contributed by atoms with E-state index >= 15 is 0 Å². The SMILES string of the molecule is Cc1cccc(NC2CCN(S(=O)(=O)c3ccc4c(c3)CCO4)CC2)c1. The van der Waals surface area contributed by atoms with Crippen molar-refractivity contribution in [3.63, 3.8) is 0 Å². The molecule has 2 aromatic rings. The molecule has 0 amide bonds. The van der Waals surface area contributed by atoms with Crippen molar-refractivity contribution in [1.82, 2.24) is 4.31 Å². The molecule has 2 heterocycles. The third-order valence-electron chi connectivity index (χ3n) is 5.14. The van der Waals surface area contributed by atoms with Crippen LogP contribution in [0.15, 0.2) is 47.4 Å².